The third kappa shape index (κ3) is 3.52. The molecule has 1 atom stereocenters. The third-order valence-corrected chi connectivity index (χ3v) is 4.85. The van der Waals surface area contributed by atoms with Gasteiger partial charge in [-0.1, -0.05) is 13.0 Å². The van der Waals surface area contributed by atoms with Gasteiger partial charge in [0, 0.05) is 10.6 Å². The topological polar surface area (TPSA) is 55.1 Å². The molecule has 0 aromatic heterocycles. The molecule has 0 saturated heterocycles. The normalized spacial score (nSPS) is 17.7. The number of amides is 1. The zero-order valence-electron chi connectivity index (χ0n) is 11.7. The van der Waals surface area contributed by atoms with Crippen LogP contribution in [0.2, 0.25) is 0 Å². The highest BCUT2D eigenvalue weighted by molar-refractivity contribution is 7.99. The van der Waals surface area contributed by atoms with Crippen LogP contribution in [-0.4, -0.2) is 23.7 Å². The van der Waals surface area contributed by atoms with Crippen molar-refractivity contribution in [3.63, 3.8) is 0 Å². The molecule has 2 rings (SSSR count). The molecule has 1 aliphatic rings. The molecular weight excluding hydrogens is 275 g/mol. The van der Waals surface area contributed by atoms with Crippen LogP contribution >= 0.6 is 11.8 Å². The fraction of sp³-hybridized carbons (Fsp3) is 0.533. The van der Waals surface area contributed by atoms with Crippen molar-refractivity contribution >= 4 is 17.7 Å². The molecule has 0 aliphatic heterocycles. The van der Waals surface area contributed by atoms with Crippen molar-refractivity contribution in [2.24, 2.45) is 11.7 Å². The molecule has 0 spiro atoms. The van der Waals surface area contributed by atoms with Gasteiger partial charge in [-0.05, 0) is 49.9 Å². The van der Waals surface area contributed by atoms with E-state index < -0.39 is 5.54 Å². The molecule has 1 aromatic rings. The van der Waals surface area contributed by atoms with E-state index in [1.807, 2.05) is 6.07 Å². The molecule has 20 heavy (non-hydrogen) atoms. The first kappa shape index (κ1) is 15.3. The highest BCUT2D eigenvalue weighted by atomic mass is 32.2. The Hall–Kier alpha value is -1.07. The van der Waals surface area contributed by atoms with Crippen LogP contribution in [0.25, 0.3) is 0 Å². The molecule has 1 aliphatic carbocycles. The Balaban J connectivity index is 2.09. The maximum atomic E-state index is 13.2. The predicted molar refractivity (Wildman–Crippen MR) is 80.1 cm³/mol. The van der Waals surface area contributed by atoms with E-state index in [0.717, 1.165) is 30.7 Å². The average molecular weight is 296 g/mol. The number of nitrogens with one attached hydrogen (secondary N) is 1. The highest BCUT2D eigenvalue weighted by Gasteiger charge is 2.49. The Morgan fingerprint density at radius 1 is 1.55 bits per heavy atom. The molecule has 0 radical (unpaired) electrons. The monoisotopic (exact) mass is 296 g/mol. The van der Waals surface area contributed by atoms with E-state index >= 15 is 0 Å². The van der Waals surface area contributed by atoms with Crippen LogP contribution in [0.15, 0.2) is 29.2 Å². The minimum Gasteiger partial charge on any atom is -0.368 e. The van der Waals surface area contributed by atoms with E-state index in [-0.39, 0.29) is 11.7 Å². The molecule has 1 aromatic carbocycles. The number of rotatable bonds is 8. The van der Waals surface area contributed by atoms with Crippen molar-refractivity contribution in [1.29, 1.82) is 0 Å². The predicted octanol–water partition coefficient (Wildman–Crippen LogP) is 2.55. The molecular formula is C15H21FN2OS. The smallest absolute Gasteiger partial charge is 0.238 e. The van der Waals surface area contributed by atoms with Gasteiger partial charge in [-0.25, -0.2) is 4.39 Å². The van der Waals surface area contributed by atoms with Crippen LogP contribution in [0, 0.1) is 11.7 Å². The van der Waals surface area contributed by atoms with Gasteiger partial charge in [-0.3, -0.25) is 4.79 Å². The minimum absolute atomic E-state index is 0.257. The summed E-state index contributed by atoms with van der Waals surface area (Å²) in [5.41, 5.74) is 5.00. The zero-order chi connectivity index (χ0) is 14.6. The second-order valence-electron chi connectivity index (χ2n) is 5.28. The lowest BCUT2D eigenvalue weighted by Crippen LogP contribution is -2.59. The Morgan fingerprint density at radius 2 is 2.30 bits per heavy atom. The Bertz CT molecular complexity index is 479. The second-order valence-corrected chi connectivity index (χ2v) is 6.33. The number of hydrogen-bond donors (Lipinski definition) is 2. The fourth-order valence-electron chi connectivity index (χ4n) is 2.35. The van der Waals surface area contributed by atoms with Gasteiger partial charge in [0.15, 0.2) is 0 Å². The molecule has 0 bridgehead atoms. The number of benzene rings is 1. The van der Waals surface area contributed by atoms with Crippen LogP contribution in [0.1, 0.15) is 26.2 Å². The van der Waals surface area contributed by atoms with Crippen LogP contribution in [0.4, 0.5) is 4.39 Å². The first-order valence-corrected chi connectivity index (χ1v) is 8.00. The summed E-state index contributed by atoms with van der Waals surface area (Å²) in [6, 6.07) is 6.44. The lowest BCUT2D eigenvalue weighted by atomic mass is 9.94. The van der Waals surface area contributed by atoms with E-state index in [1.165, 1.54) is 23.9 Å². The first-order valence-electron chi connectivity index (χ1n) is 7.02. The number of nitrogens with two attached hydrogens (primary N) is 1. The van der Waals surface area contributed by atoms with Gasteiger partial charge in [0.25, 0.3) is 0 Å². The number of halogens is 1. The van der Waals surface area contributed by atoms with E-state index in [0.29, 0.717) is 11.7 Å². The summed E-state index contributed by atoms with van der Waals surface area (Å²) in [6.07, 6.45) is 3.01. The van der Waals surface area contributed by atoms with Gasteiger partial charge >= 0.3 is 0 Å². The van der Waals surface area contributed by atoms with E-state index in [9.17, 15) is 9.18 Å². The quantitative estimate of drug-likeness (QED) is 0.725. The summed E-state index contributed by atoms with van der Waals surface area (Å²) in [5.74, 6) is 0.314. The third-order valence-electron chi connectivity index (χ3n) is 3.67. The number of thioether (sulfide) groups is 1. The summed E-state index contributed by atoms with van der Waals surface area (Å²) in [7, 11) is 0. The standard InChI is InChI=1S/C15H21FN2OS/c1-2-8-18-15(14(17)19,11-6-7-11)10-20-13-5-3-4-12(16)9-13/h3-5,9,11,18H,2,6-8,10H2,1H3,(H2,17,19). The largest absolute Gasteiger partial charge is 0.368 e. The number of carbonyl (C=O) groups excluding carboxylic acids is 1. The summed E-state index contributed by atoms with van der Waals surface area (Å²) in [6.45, 7) is 2.83. The molecule has 3 nitrogen and oxygen atoms in total. The van der Waals surface area contributed by atoms with Crippen molar-refractivity contribution in [3.8, 4) is 0 Å². The van der Waals surface area contributed by atoms with Crippen molar-refractivity contribution < 1.29 is 9.18 Å². The SMILES string of the molecule is CCCNC(CSc1cccc(F)c1)(C(N)=O)C1CC1. The highest BCUT2D eigenvalue weighted by Crippen LogP contribution is 2.42. The molecule has 110 valence electrons. The molecule has 5 heteroatoms. The first-order chi connectivity index (χ1) is 9.58. The van der Waals surface area contributed by atoms with Gasteiger partial charge in [-0.2, -0.15) is 0 Å². The summed E-state index contributed by atoms with van der Waals surface area (Å²) < 4.78 is 13.2. The number of hydrogen-bond acceptors (Lipinski definition) is 3. The summed E-state index contributed by atoms with van der Waals surface area (Å²) in [5, 5.41) is 3.34. The van der Waals surface area contributed by atoms with Crippen molar-refractivity contribution in [3.05, 3.63) is 30.1 Å². The van der Waals surface area contributed by atoms with Gasteiger partial charge < -0.3 is 11.1 Å². The molecule has 1 unspecified atom stereocenters. The summed E-state index contributed by atoms with van der Waals surface area (Å²) in [4.78, 5) is 12.8. The van der Waals surface area contributed by atoms with Crippen molar-refractivity contribution in [2.45, 2.75) is 36.6 Å². The van der Waals surface area contributed by atoms with Gasteiger partial charge in [0.05, 0.1) is 0 Å². The zero-order valence-corrected chi connectivity index (χ0v) is 12.5. The minimum atomic E-state index is -0.660. The maximum absolute atomic E-state index is 13.2. The van der Waals surface area contributed by atoms with Crippen LogP contribution in [0.3, 0.4) is 0 Å². The summed E-state index contributed by atoms with van der Waals surface area (Å²) >= 11 is 1.49. The lowest BCUT2D eigenvalue weighted by molar-refractivity contribution is -0.124. The van der Waals surface area contributed by atoms with Gasteiger partial charge in [0.2, 0.25) is 5.91 Å². The maximum Gasteiger partial charge on any atom is 0.238 e. The van der Waals surface area contributed by atoms with Crippen LogP contribution < -0.4 is 11.1 Å². The molecule has 1 fully saturated rings. The fourth-order valence-corrected chi connectivity index (χ4v) is 3.60. The Labute approximate surface area is 123 Å². The average Bonchev–Trinajstić information content (AvgIpc) is 3.24. The van der Waals surface area contributed by atoms with Crippen molar-refractivity contribution in [2.75, 3.05) is 12.3 Å². The molecule has 1 amide bonds. The molecule has 1 saturated carbocycles. The van der Waals surface area contributed by atoms with Crippen molar-refractivity contribution in [1.82, 2.24) is 5.32 Å². The van der Waals surface area contributed by atoms with Crippen LogP contribution in [0.5, 0.6) is 0 Å². The molecule has 0 heterocycles. The Morgan fingerprint density at radius 3 is 2.85 bits per heavy atom. The van der Waals surface area contributed by atoms with E-state index in [4.69, 9.17) is 5.73 Å². The van der Waals surface area contributed by atoms with E-state index in [1.54, 1.807) is 6.07 Å². The van der Waals surface area contributed by atoms with Gasteiger partial charge in [0.1, 0.15) is 11.4 Å². The van der Waals surface area contributed by atoms with E-state index in [2.05, 4.69) is 12.2 Å². The second kappa shape index (κ2) is 6.59. The number of primary amides is 1. The number of carbonyl (C=O) groups is 1. The van der Waals surface area contributed by atoms with Crippen LogP contribution in [-0.2, 0) is 4.79 Å². The Kier molecular flexibility index (Phi) is 5.05. The molecule has 3 N–H and O–H groups in total. The van der Waals surface area contributed by atoms with Gasteiger partial charge in [-0.15, -0.1) is 11.8 Å². The lowest BCUT2D eigenvalue weighted by Gasteiger charge is -2.31.